The Bertz CT molecular complexity index is 555. The summed E-state index contributed by atoms with van der Waals surface area (Å²) in [6.07, 6.45) is 7.43. The average Bonchev–Trinajstić information content (AvgIpc) is 2.46. The molecule has 4 heteroatoms. The van der Waals surface area contributed by atoms with E-state index in [1.54, 1.807) is 12.4 Å². The van der Waals surface area contributed by atoms with Gasteiger partial charge in [-0.15, -0.1) is 0 Å². The quantitative estimate of drug-likeness (QED) is 0.916. The van der Waals surface area contributed by atoms with Crippen molar-refractivity contribution < 1.29 is 0 Å². The summed E-state index contributed by atoms with van der Waals surface area (Å²) in [4.78, 5) is 11.1. The molecule has 2 heterocycles. The molecule has 0 aliphatic carbocycles. The van der Waals surface area contributed by atoms with Crippen LogP contribution in [0.5, 0.6) is 0 Å². The number of fused-ring (bicyclic) bond motifs is 1. The van der Waals surface area contributed by atoms with Crippen LogP contribution in [0.4, 0.5) is 5.69 Å². The number of likely N-dealkylation sites (tertiary alicyclic amines) is 1. The second kappa shape index (κ2) is 5.53. The highest BCUT2D eigenvalue weighted by Gasteiger charge is 2.18. The van der Waals surface area contributed by atoms with E-state index >= 15 is 0 Å². The van der Waals surface area contributed by atoms with Crippen molar-refractivity contribution in [3.63, 3.8) is 0 Å². The lowest BCUT2D eigenvalue weighted by Crippen LogP contribution is -2.40. The Balaban J connectivity index is 1.67. The molecule has 1 saturated heterocycles. The van der Waals surface area contributed by atoms with Crippen LogP contribution in [-0.4, -0.2) is 41.0 Å². The number of hydrogen-bond acceptors (Lipinski definition) is 4. The molecule has 2 aromatic rings. The van der Waals surface area contributed by atoms with Crippen LogP contribution in [0.15, 0.2) is 30.6 Å². The van der Waals surface area contributed by atoms with Gasteiger partial charge >= 0.3 is 0 Å². The van der Waals surface area contributed by atoms with Gasteiger partial charge in [0.05, 0.1) is 11.0 Å². The van der Waals surface area contributed by atoms with E-state index in [1.807, 2.05) is 6.07 Å². The largest absolute Gasteiger partial charge is 0.383 e. The minimum atomic E-state index is 0.645. The molecule has 1 unspecified atom stereocenters. The molecule has 19 heavy (non-hydrogen) atoms. The van der Waals surface area contributed by atoms with Crippen LogP contribution in [0.2, 0.25) is 0 Å². The molecule has 1 aromatic heterocycles. The van der Waals surface area contributed by atoms with Gasteiger partial charge in [-0.2, -0.15) is 0 Å². The topological polar surface area (TPSA) is 41.0 Å². The molecule has 1 N–H and O–H groups in total. The zero-order valence-electron chi connectivity index (χ0n) is 11.3. The van der Waals surface area contributed by atoms with Crippen molar-refractivity contribution in [3.05, 3.63) is 30.6 Å². The summed E-state index contributed by atoms with van der Waals surface area (Å²) in [6, 6.07) is 6.83. The minimum absolute atomic E-state index is 0.645. The molecule has 3 rings (SSSR count). The second-order valence-electron chi connectivity index (χ2n) is 5.27. The maximum Gasteiger partial charge on any atom is 0.0907 e. The highest BCUT2D eigenvalue weighted by atomic mass is 15.2. The van der Waals surface area contributed by atoms with Gasteiger partial charge in [0.25, 0.3) is 0 Å². The highest BCUT2D eigenvalue weighted by molar-refractivity contribution is 5.78. The van der Waals surface area contributed by atoms with Crippen molar-refractivity contribution in [3.8, 4) is 0 Å². The molecule has 0 spiro atoms. The number of nitrogens with zero attached hydrogens (tertiary/aromatic N) is 3. The fraction of sp³-hybridized carbons (Fsp3) is 0.467. The lowest BCUT2D eigenvalue weighted by molar-refractivity contribution is 0.194. The number of benzene rings is 1. The standard InChI is InChI=1S/C15H20N4/c1-19-9-3-2-4-13(19)11-18-12-5-6-14-15(10-12)17-8-7-16-14/h5-8,10,13,18H,2-4,9,11H2,1H3. The van der Waals surface area contributed by atoms with E-state index in [0.717, 1.165) is 23.3 Å². The minimum Gasteiger partial charge on any atom is -0.383 e. The molecule has 4 nitrogen and oxygen atoms in total. The Labute approximate surface area is 113 Å². The SMILES string of the molecule is CN1CCCCC1CNc1ccc2nccnc2c1. The van der Waals surface area contributed by atoms with Gasteiger partial charge in [0.15, 0.2) is 0 Å². The zero-order chi connectivity index (χ0) is 13.1. The van der Waals surface area contributed by atoms with Gasteiger partial charge in [-0.3, -0.25) is 9.97 Å². The molecular weight excluding hydrogens is 236 g/mol. The van der Waals surface area contributed by atoms with Crippen LogP contribution < -0.4 is 5.32 Å². The van der Waals surface area contributed by atoms with E-state index in [1.165, 1.54) is 25.8 Å². The van der Waals surface area contributed by atoms with E-state index in [4.69, 9.17) is 0 Å². The lowest BCUT2D eigenvalue weighted by Gasteiger charge is -2.32. The molecule has 1 aliphatic rings. The molecule has 0 bridgehead atoms. The van der Waals surface area contributed by atoms with Crippen LogP contribution in [0.1, 0.15) is 19.3 Å². The first-order chi connectivity index (χ1) is 9.33. The van der Waals surface area contributed by atoms with Crippen molar-refractivity contribution in [1.29, 1.82) is 0 Å². The van der Waals surface area contributed by atoms with E-state index in [-0.39, 0.29) is 0 Å². The summed E-state index contributed by atoms with van der Waals surface area (Å²) >= 11 is 0. The summed E-state index contributed by atoms with van der Waals surface area (Å²) in [7, 11) is 2.22. The van der Waals surface area contributed by atoms with Crippen LogP contribution in [0.3, 0.4) is 0 Å². The molecule has 100 valence electrons. The number of anilines is 1. The Hall–Kier alpha value is -1.68. The maximum atomic E-state index is 4.34. The van der Waals surface area contributed by atoms with Gasteiger partial charge in [-0.25, -0.2) is 0 Å². The first kappa shape index (κ1) is 12.4. The number of nitrogens with one attached hydrogen (secondary N) is 1. The van der Waals surface area contributed by atoms with Crippen molar-refractivity contribution in [2.45, 2.75) is 25.3 Å². The molecule has 0 radical (unpaired) electrons. The Morgan fingerprint density at radius 3 is 2.89 bits per heavy atom. The molecule has 1 fully saturated rings. The van der Waals surface area contributed by atoms with Crippen LogP contribution in [0, 0.1) is 0 Å². The van der Waals surface area contributed by atoms with Crippen molar-refractivity contribution in [2.75, 3.05) is 25.5 Å². The predicted molar refractivity (Wildman–Crippen MR) is 78.3 cm³/mol. The highest BCUT2D eigenvalue weighted by Crippen LogP contribution is 2.18. The Kier molecular flexibility index (Phi) is 3.60. The summed E-state index contributed by atoms with van der Waals surface area (Å²) in [5.74, 6) is 0. The molecular formula is C15H20N4. The number of rotatable bonds is 3. The monoisotopic (exact) mass is 256 g/mol. The van der Waals surface area contributed by atoms with E-state index in [2.05, 4.69) is 39.4 Å². The maximum absolute atomic E-state index is 4.34. The predicted octanol–water partition coefficient (Wildman–Crippen LogP) is 2.53. The zero-order valence-corrected chi connectivity index (χ0v) is 11.3. The summed E-state index contributed by atoms with van der Waals surface area (Å²) in [5.41, 5.74) is 3.03. The number of piperidine rings is 1. The van der Waals surface area contributed by atoms with Gasteiger partial charge in [-0.05, 0) is 44.6 Å². The number of likely N-dealkylation sites (N-methyl/N-ethyl adjacent to an activating group) is 1. The second-order valence-corrected chi connectivity index (χ2v) is 5.27. The molecule has 0 amide bonds. The third-order valence-corrected chi connectivity index (χ3v) is 3.93. The summed E-state index contributed by atoms with van der Waals surface area (Å²) < 4.78 is 0. The average molecular weight is 256 g/mol. The van der Waals surface area contributed by atoms with Crippen molar-refractivity contribution >= 4 is 16.7 Å². The fourth-order valence-corrected chi connectivity index (χ4v) is 2.71. The van der Waals surface area contributed by atoms with Gasteiger partial charge in [0.2, 0.25) is 0 Å². The number of aromatic nitrogens is 2. The van der Waals surface area contributed by atoms with E-state index in [0.29, 0.717) is 6.04 Å². The molecule has 1 atom stereocenters. The summed E-state index contributed by atoms with van der Waals surface area (Å²) in [5, 5.41) is 3.53. The van der Waals surface area contributed by atoms with Gasteiger partial charge in [0, 0.05) is 30.7 Å². The van der Waals surface area contributed by atoms with E-state index in [9.17, 15) is 0 Å². The lowest BCUT2D eigenvalue weighted by atomic mass is 10.0. The van der Waals surface area contributed by atoms with Gasteiger partial charge < -0.3 is 10.2 Å². The molecule has 1 aliphatic heterocycles. The number of hydrogen-bond donors (Lipinski definition) is 1. The van der Waals surface area contributed by atoms with E-state index < -0.39 is 0 Å². The van der Waals surface area contributed by atoms with Crippen LogP contribution in [0.25, 0.3) is 11.0 Å². The smallest absolute Gasteiger partial charge is 0.0907 e. The third-order valence-electron chi connectivity index (χ3n) is 3.93. The van der Waals surface area contributed by atoms with Gasteiger partial charge in [0.1, 0.15) is 0 Å². The normalized spacial score (nSPS) is 20.6. The van der Waals surface area contributed by atoms with Crippen molar-refractivity contribution in [2.24, 2.45) is 0 Å². The van der Waals surface area contributed by atoms with Crippen molar-refractivity contribution in [1.82, 2.24) is 14.9 Å². The first-order valence-corrected chi connectivity index (χ1v) is 6.98. The Morgan fingerprint density at radius 2 is 2.05 bits per heavy atom. The third kappa shape index (κ3) is 2.84. The molecule has 1 aromatic carbocycles. The van der Waals surface area contributed by atoms with Crippen LogP contribution in [-0.2, 0) is 0 Å². The molecule has 0 saturated carbocycles. The Morgan fingerprint density at radius 1 is 1.21 bits per heavy atom. The first-order valence-electron chi connectivity index (χ1n) is 6.98. The summed E-state index contributed by atoms with van der Waals surface area (Å²) in [6.45, 7) is 2.22. The fourth-order valence-electron chi connectivity index (χ4n) is 2.71. The van der Waals surface area contributed by atoms with Crippen LogP contribution >= 0.6 is 0 Å². The van der Waals surface area contributed by atoms with Gasteiger partial charge in [-0.1, -0.05) is 6.42 Å².